The van der Waals surface area contributed by atoms with E-state index in [9.17, 15) is 0 Å². The summed E-state index contributed by atoms with van der Waals surface area (Å²) in [6, 6.07) is 12.3. The van der Waals surface area contributed by atoms with Gasteiger partial charge in [0.1, 0.15) is 11.3 Å². The molecule has 0 saturated heterocycles. The number of benzene rings is 1. The smallest absolute Gasteiger partial charge is 0.160 e. The van der Waals surface area contributed by atoms with Crippen LogP contribution in [0.15, 0.2) is 36.4 Å². The average molecular weight is 237 g/mol. The zero-order valence-electron chi connectivity index (χ0n) is 10.8. The van der Waals surface area contributed by atoms with Crippen molar-refractivity contribution in [2.24, 2.45) is 7.05 Å². The molecule has 0 fully saturated rings. The minimum Gasteiger partial charge on any atom is -0.312 e. The van der Waals surface area contributed by atoms with Crippen LogP contribution in [0.3, 0.4) is 0 Å². The largest absolute Gasteiger partial charge is 0.312 e. The van der Waals surface area contributed by atoms with Crippen LogP contribution in [-0.2, 0) is 7.05 Å². The van der Waals surface area contributed by atoms with Crippen LogP contribution in [0.25, 0.3) is 22.6 Å². The topological polar surface area (TPSA) is 30.7 Å². The zero-order valence-corrected chi connectivity index (χ0v) is 10.8. The summed E-state index contributed by atoms with van der Waals surface area (Å²) in [5.41, 5.74) is 5.26. The molecule has 0 N–H and O–H groups in total. The van der Waals surface area contributed by atoms with Crippen molar-refractivity contribution in [2.75, 3.05) is 0 Å². The van der Waals surface area contributed by atoms with Gasteiger partial charge in [-0.15, -0.1) is 0 Å². The summed E-state index contributed by atoms with van der Waals surface area (Å²) in [5, 5.41) is 0. The van der Waals surface area contributed by atoms with Gasteiger partial charge < -0.3 is 4.57 Å². The number of aromatic nitrogens is 3. The van der Waals surface area contributed by atoms with Crippen LogP contribution in [0.4, 0.5) is 0 Å². The number of hydrogen-bond donors (Lipinski definition) is 0. The van der Waals surface area contributed by atoms with Gasteiger partial charge in [0.05, 0.1) is 0 Å². The Morgan fingerprint density at radius 2 is 1.72 bits per heavy atom. The maximum absolute atomic E-state index is 4.68. The zero-order chi connectivity index (χ0) is 12.7. The molecule has 0 saturated carbocycles. The van der Waals surface area contributed by atoms with E-state index in [1.54, 1.807) is 0 Å². The lowest BCUT2D eigenvalue weighted by Crippen LogP contribution is -1.95. The van der Waals surface area contributed by atoms with Crippen LogP contribution in [0.1, 0.15) is 11.3 Å². The van der Waals surface area contributed by atoms with Crippen LogP contribution in [0, 0.1) is 13.8 Å². The number of nitrogens with zero attached hydrogens (tertiary/aromatic N) is 3. The van der Waals surface area contributed by atoms with E-state index in [0.29, 0.717) is 0 Å². The first kappa shape index (κ1) is 11.0. The van der Waals surface area contributed by atoms with E-state index in [1.165, 1.54) is 5.56 Å². The minimum absolute atomic E-state index is 0.942. The molecule has 0 aliphatic rings. The summed E-state index contributed by atoms with van der Waals surface area (Å²) in [5.74, 6) is 0.961. The summed E-state index contributed by atoms with van der Waals surface area (Å²) in [7, 11) is 2.01. The SMILES string of the molecule is Cc1cc2nc(-c3ccccc3)n(C)c2nc1C. The van der Waals surface area contributed by atoms with Gasteiger partial charge in [0, 0.05) is 18.3 Å². The van der Waals surface area contributed by atoms with Crippen molar-refractivity contribution in [2.45, 2.75) is 13.8 Å². The summed E-state index contributed by atoms with van der Waals surface area (Å²) >= 11 is 0. The number of aryl methyl sites for hydroxylation is 3. The van der Waals surface area contributed by atoms with E-state index in [0.717, 1.165) is 28.2 Å². The highest BCUT2D eigenvalue weighted by Crippen LogP contribution is 2.23. The van der Waals surface area contributed by atoms with Gasteiger partial charge in [-0.2, -0.15) is 0 Å². The van der Waals surface area contributed by atoms with Crippen LogP contribution in [0.2, 0.25) is 0 Å². The van der Waals surface area contributed by atoms with Gasteiger partial charge in [0.15, 0.2) is 5.65 Å². The number of fused-ring (bicyclic) bond motifs is 1. The van der Waals surface area contributed by atoms with Crippen molar-refractivity contribution in [3.05, 3.63) is 47.7 Å². The van der Waals surface area contributed by atoms with Crippen LogP contribution in [0.5, 0.6) is 0 Å². The molecule has 3 aromatic rings. The summed E-state index contributed by atoms with van der Waals surface area (Å²) < 4.78 is 2.05. The van der Waals surface area contributed by atoms with E-state index in [4.69, 9.17) is 0 Å². The molecule has 3 heteroatoms. The second-order valence-corrected chi connectivity index (χ2v) is 4.59. The van der Waals surface area contributed by atoms with Crippen molar-refractivity contribution in [3.63, 3.8) is 0 Å². The highest BCUT2D eigenvalue weighted by Gasteiger charge is 2.11. The highest BCUT2D eigenvalue weighted by atomic mass is 15.1. The predicted octanol–water partition coefficient (Wildman–Crippen LogP) is 3.25. The van der Waals surface area contributed by atoms with Crippen molar-refractivity contribution >= 4 is 11.2 Å². The Morgan fingerprint density at radius 1 is 1.00 bits per heavy atom. The Bertz CT molecular complexity index is 711. The number of rotatable bonds is 1. The molecule has 18 heavy (non-hydrogen) atoms. The van der Waals surface area contributed by atoms with E-state index in [2.05, 4.69) is 39.7 Å². The third-order valence-corrected chi connectivity index (χ3v) is 3.32. The molecule has 0 spiro atoms. The second kappa shape index (κ2) is 3.95. The molecule has 2 aromatic heterocycles. The molecule has 0 unspecified atom stereocenters. The monoisotopic (exact) mass is 237 g/mol. The average Bonchev–Trinajstić information content (AvgIpc) is 2.69. The van der Waals surface area contributed by atoms with E-state index in [-0.39, 0.29) is 0 Å². The van der Waals surface area contributed by atoms with Crippen molar-refractivity contribution in [1.82, 2.24) is 14.5 Å². The lowest BCUT2D eigenvalue weighted by atomic mass is 10.2. The molecule has 0 amide bonds. The van der Waals surface area contributed by atoms with Crippen LogP contribution >= 0.6 is 0 Å². The number of imidazole rings is 1. The molecule has 0 atom stereocenters. The van der Waals surface area contributed by atoms with Gasteiger partial charge in [-0.05, 0) is 25.5 Å². The van der Waals surface area contributed by atoms with Gasteiger partial charge >= 0.3 is 0 Å². The lowest BCUT2D eigenvalue weighted by Gasteiger charge is -2.02. The normalized spacial score (nSPS) is 11.1. The van der Waals surface area contributed by atoms with E-state index in [1.807, 2.05) is 32.2 Å². The van der Waals surface area contributed by atoms with Gasteiger partial charge in [-0.25, -0.2) is 9.97 Å². The molecule has 3 rings (SSSR count). The fourth-order valence-electron chi connectivity index (χ4n) is 2.14. The Hall–Kier alpha value is -2.16. The fourth-order valence-corrected chi connectivity index (χ4v) is 2.14. The molecule has 2 heterocycles. The third-order valence-electron chi connectivity index (χ3n) is 3.32. The third kappa shape index (κ3) is 1.59. The summed E-state index contributed by atoms with van der Waals surface area (Å²) in [6.45, 7) is 4.10. The first-order valence-corrected chi connectivity index (χ1v) is 6.03. The Kier molecular flexibility index (Phi) is 2.40. The highest BCUT2D eigenvalue weighted by molar-refractivity contribution is 5.78. The number of hydrogen-bond acceptors (Lipinski definition) is 2. The molecule has 3 nitrogen and oxygen atoms in total. The van der Waals surface area contributed by atoms with Crippen molar-refractivity contribution in [3.8, 4) is 11.4 Å². The van der Waals surface area contributed by atoms with Crippen LogP contribution in [-0.4, -0.2) is 14.5 Å². The van der Waals surface area contributed by atoms with Crippen LogP contribution < -0.4 is 0 Å². The minimum atomic E-state index is 0.942. The second-order valence-electron chi connectivity index (χ2n) is 4.59. The molecule has 0 bridgehead atoms. The predicted molar refractivity (Wildman–Crippen MR) is 73.4 cm³/mol. The standard InChI is InChI=1S/C15H15N3/c1-10-9-13-15(16-11(10)2)18(3)14(17-13)12-7-5-4-6-8-12/h4-9H,1-3H3. The van der Waals surface area contributed by atoms with Gasteiger partial charge in [-0.1, -0.05) is 30.3 Å². The Balaban J connectivity index is 2.30. The van der Waals surface area contributed by atoms with Gasteiger partial charge in [-0.3, -0.25) is 0 Å². The van der Waals surface area contributed by atoms with Gasteiger partial charge in [0.2, 0.25) is 0 Å². The molecular formula is C15H15N3. The Morgan fingerprint density at radius 3 is 2.44 bits per heavy atom. The fraction of sp³-hybridized carbons (Fsp3) is 0.200. The molecule has 0 aliphatic carbocycles. The summed E-state index contributed by atoms with van der Waals surface area (Å²) in [4.78, 5) is 9.31. The first-order valence-electron chi connectivity index (χ1n) is 6.03. The quantitative estimate of drug-likeness (QED) is 0.650. The molecular weight excluding hydrogens is 222 g/mol. The molecule has 0 aliphatic heterocycles. The molecule has 90 valence electrons. The molecule has 1 aromatic carbocycles. The maximum Gasteiger partial charge on any atom is 0.160 e. The van der Waals surface area contributed by atoms with Crippen molar-refractivity contribution in [1.29, 1.82) is 0 Å². The molecule has 0 radical (unpaired) electrons. The summed E-state index contributed by atoms with van der Waals surface area (Å²) in [6.07, 6.45) is 0. The first-order chi connectivity index (χ1) is 8.66. The lowest BCUT2D eigenvalue weighted by molar-refractivity contribution is 0.936. The van der Waals surface area contributed by atoms with Gasteiger partial charge in [0.25, 0.3) is 0 Å². The Labute approximate surface area is 106 Å². The number of pyridine rings is 1. The van der Waals surface area contributed by atoms with Crippen molar-refractivity contribution < 1.29 is 0 Å². The maximum atomic E-state index is 4.68. The van der Waals surface area contributed by atoms with E-state index < -0.39 is 0 Å². The van der Waals surface area contributed by atoms with E-state index >= 15 is 0 Å².